The van der Waals surface area contributed by atoms with E-state index in [9.17, 15) is 9.59 Å². The van der Waals surface area contributed by atoms with Crippen molar-refractivity contribution in [3.05, 3.63) is 37.4 Å². The van der Waals surface area contributed by atoms with E-state index in [4.69, 9.17) is 30.4 Å². The highest BCUT2D eigenvalue weighted by molar-refractivity contribution is 5.81. The third-order valence-corrected chi connectivity index (χ3v) is 3.06. The number of nitrogen functional groups attached to an aromatic ring is 2. The molecule has 0 saturated carbocycles. The normalized spacial score (nSPS) is 9.85. The van der Waals surface area contributed by atoms with Gasteiger partial charge >= 0.3 is 11.9 Å². The minimum absolute atomic E-state index is 0.220. The molecule has 1 rings (SSSR count). The van der Waals surface area contributed by atoms with Crippen LogP contribution in [0.15, 0.2) is 37.4 Å². The Morgan fingerprint density at radius 1 is 0.808 bits per heavy atom. The predicted octanol–water partition coefficient (Wildman–Crippen LogP) is 1.85. The van der Waals surface area contributed by atoms with Crippen LogP contribution in [-0.4, -0.2) is 38.4 Å². The van der Waals surface area contributed by atoms with Crippen LogP contribution in [0.25, 0.3) is 0 Å². The lowest BCUT2D eigenvalue weighted by Gasteiger charge is -2.14. The van der Waals surface area contributed by atoms with Gasteiger partial charge in [0.1, 0.15) is 11.5 Å². The Hall–Kier alpha value is -3.16. The van der Waals surface area contributed by atoms with Gasteiger partial charge in [-0.15, -0.1) is 0 Å². The Morgan fingerprint density at radius 3 is 1.54 bits per heavy atom. The number of carbonyl (C=O) groups excluding carboxylic acids is 2. The molecule has 142 valence electrons. The molecule has 0 radical (unpaired) electrons. The average molecular weight is 364 g/mol. The molecule has 0 aromatic heterocycles. The molecule has 1 aromatic carbocycles. The first-order chi connectivity index (χ1) is 12.5. The van der Waals surface area contributed by atoms with Gasteiger partial charge in [-0.05, 0) is 0 Å². The van der Waals surface area contributed by atoms with Crippen molar-refractivity contribution in [1.29, 1.82) is 0 Å². The second-order valence-corrected chi connectivity index (χ2v) is 5.08. The van der Waals surface area contributed by atoms with E-state index in [1.807, 2.05) is 0 Å². The smallest absolute Gasteiger partial charge is 0.330 e. The van der Waals surface area contributed by atoms with Crippen LogP contribution < -0.4 is 20.9 Å². The van der Waals surface area contributed by atoms with Crippen molar-refractivity contribution in [2.45, 2.75) is 12.8 Å². The second-order valence-electron chi connectivity index (χ2n) is 5.08. The summed E-state index contributed by atoms with van der Waals surface area (Å²) >= 11 is 0. The second kappa shape index (κ2) is 11.4. The molecule has 0 amide bonds. The maximum atomic E-state index is 10.9. The fourth-order valence-corrected chi connectivity index (χ4v) is 1.79. The van der Waals surface area contributed by atoms with Crippen molar-refractivity contribution >= 4 is 23.3 Å². The molecule has 26 heavy (non-hydrogen) atoms. The fourth-order valence-electron chi connectivity index (χ4n) is 1.79. The Balaban J connectivity index is 2.39. The van der Waals surface area contributed by atoms with Gasteiger partial charge in [0.2, 0.25) is 0 Å². The Bertz CT molecular complexity index is 589. The quantitative estimate of drug-likeness (QED) is 0.249. The molecule has 0 spiro atoms. The van der Waals surface area contributed by atoms with Gasteiger partial charge in [-0.25, -0.2) is 9.59 Å². The number of esters is 2. The molecule has 4 N–H and O–H groups in total. The Kier molecular flexibility index (Phi) is 9.16. The van der Waals surface area contributed by atoms with Crippen molar-refractivity contribution in [2.24, 2.45) is 0 Å². The van der Waals surface area contributed by atoms with Gasteiger partial charge in [-0.2, -0.15) is 0 Å². The molecule has 8 heteroatoms. The molecule has 0 unspecified atom stereocenters. The molecule has 0 aliphatic carbocycles. The van der Waals surface area contributed by atoms with Crippen LogP contribution in [0.5, 0.6) is 11.5 Å². The summed E-state index contributed by atoms with van der Waals surface area (Å²) in [5.74, 6) is -0.112. The maximum Gasteiger partial charge on any atom is 0.330 e. The lowest BCUT2D eigenvalue weighted by atomic mass is 10.2. The molecule has 0 bridgehead atoms. The van der Waals surface area contributed by atoms with E-state index in [1.54, 1.807) is 12.1 Å². The molecule has 0 heterocycles. The molecule has 0 saturated heterocycles. The molecular formula is C18H24N2O6. The van der Waals surface area contributed by atoms with E-state index in [1.165, 1.54) is 0 Å². The summed E-state index contributed by atoms with van der Waals surface area (Å²) in [6.07, 6.45) is 3.20. The van der Waals surface area contributed by atoms with Crippen LogP contribution in [0.3, 0.4) is 0 Å². The number of carbonyl (C=O) groups is 2. The highest BCUT2D eigenvalue weighted by Crippen LogP contribution is 2.33. The summed E-state index contributed by atoms with van der Waals surface area (Å²) in [7, 11) is 0. The van der Waals surface area contributed by atoms with E-state index < -0.39 is 11.9 Å². The fraction of sp³-hybridized carbons (Fsp3) is 0.333. The number of hydrogen-bond acceptors (Lipinski definition) is 8. The lowest BCUT2D eigenvalue weighted by Crippen LogP contribution is -2.09. The van der Waals surface area contributed by atoms with E-state index in [-0.39, 0.29) is 13.2 Å². The van der Waals surface area contributed by atoms with Gasteiger partial charge in [0, 0.05) is 37.1 Å². The summed E-state index contributed by atoms with van der Waals surface area (Å²) in [5.41, 5.74) is 12.6. The molecule has 0 aliphatic heterocycles. The topological polar surface area (TPSA) is 123 Å². The molecule has 0 atom stereocenters. The minimum Gasteiger partial charge on any atom is -0.491 e. The van der Waals surface area contributed by atoms with Gasteiger partial charge in [-0.1, -0.05) is 13.2 Å². The molecule has 8 nitrogen and oxygen atoms in total. The van der Waals surface area contributed by atoms with Crippen LogP contribution in [-0.2, 0) is 19.1 Å². The van der Waals surface area contributed by atoms with Crippen LogP contribution in [0.2, 0.25) is 0 Å². The van der Waals surface area contributed by atoms with Gasteiger partial charge in [0.15, 0.2) is 0 Å². The number of anilines is 2. The van der Waals surface area contributed by atoms with Gasteiger partial charge < -0.3 is 30.4 Å². The summed E-state index contributed by atoms with van der Waals surface area (Å²) in [5, 5.41) is 0. The highest BCUT2D eigenvalue weighted by Gasteiger charge is 2.09. The number of benzene rings is 1. The first-order valence-corrected chi connectivity index (χ1v) is 8.01. The Labute approximate surface area is 152 Å². The maximum absolute atomic E-state index is 10.9. The van der Waals surface area contributed by atoms with Crippen LogP contribution >= 0.6 is 0 Å². The van der Waals surface area contributed by atoms with Crippen molar-refractivity contribution < 1.29 is 28.5 Å². The number of ether oxygens (including phenoxy) is 4. The summed E-state index contributed by atoms with van der Waals surface area (Å²) in [6, 6.07) is 3.14. The zero-order valence-electron chi connectivity index (χ0n) is 14.6. The molecule has 0 fully saturated rings. The van der Waals surface area contributed by atoms with Crippen molar-refractivity contribution in [1.82, 2.24) is 0 Å². The summed E-state index contributed by atoms with van der Waals surface area (Å²) in [6.45, 7) is 7.67. The molecular weight excluding hydrogens is 340 g/mol. The zero-order valence-corrected chi connectivity index (χ0v) is 14.6. The summed E-state index contributed by atoms with van der Waals surface area (Å²) < 4.78 is 20.7. The SMILES string of the molecule is C=CC(=O)OCCCOc1cc(N)c(OCCCOC(=O)C=C)cc1N. The van der Waals surface area contributed by atoms with Gasteiger partial charge in [-0.3, -0.25) is 0 Å². The van der Waals surface area contributed by atoms with Crippen molar-refractivity contribution in [2.75, 3.05) is 37.9 Å². The van der Waals surface area contributed by atoms with E-state index in [0.29, 0.717) is 48.9 Å². The number of nitrogens with two attached hydrogens (primary N) is 2. The minimum atomic E-state index is -0.477. The first kappa shape index (κ1) is 20.9. The molecule has 0 aliphatic rings. The van der Waals surface area contributed by atoms with Crippen LogP contribution in [0.1, 0.15) is 12.8 Å². The van der Waals surface area contributed by atoms with Crippen LogP contribution in [0.4, 0.5) is 11.4 Å². The highest BCUT2D eigenvalue weighted by atomic mass is 16.5. The van der Waals surface area contributed by atoms with E-state index >= 15 is 0 Å². The van der Waals surface area contributed by atoms with Crippen LogP contribution in [0, 0.1) is 0 Å². The third kappa shape index (κ3) is 7.61. The molecule has 1 aromatic rings. The predicted molar refractivity (Wildman–Crippen MR) is 97.8 cm³/mol. The lowest BCUT2D eigenvalue weighted by molar-refractivity contribution is -0.138. The average Bonchev–Trinajstić information content (AvgIpc) is 2.63. The monoisotopic (exact) mass is 364 g/mol. The third-order valence-electron chi connectivity index (χ3n) is 3.06. The van der Waals surface area contributed by atoms with Crippen molar-refractivity contribution in [3.63, 3.8) is 0 Å². The van der Waals surface area contributed by atoms with Gasteiger partial charge in [0.05, 0.1) is 37.8 Å². The Morgan fingerprint density at radius 2 is 1.19 bits per heavy atom. The first-order valence-electron chi connectivity index (χ1n) is 8.01. The number of hydrogen-bond donors (Lipinski definition) is 2. The standard InChI is InChI=1S/C18H24N2O6/c1-3-17(21)25-9-5-7-23-15-11-14(20)16(12-13(15)19)24-8-6-10-26-18(22)4-2/h3-4,11-12H,1-2,5-10,19-20H2. The largest absolute Gasteiger partial charge is 0.491 e. The van der Waals surface area contributed by atoms with Crippen molar-refractivity contribution in [3.8, 4) is 11.5 Å². The van der Waals surface area contributed by atoms with E-state index in [0.717, 1.165) is 12.2 Å². The summed E-state index contributed by atoms with van der Waals surface area (Å²) in [4.78, 5) is 21.8. The zero-order chi connectivity index (χ0) is 19.4. The van der Waals surface area contributed by atoms with E-state index in [2.05, 4.69) is 13.2 Å². The van der Waals surface area contributed by atoms with Gasteiger partial charge in [0.25, 0.3) is 0 Å². The number of rotatable bonds is 12.